The number of para-hydroxylation sites is 1. The molecule has 0 unspecified atom stereocenters. The molecule has 158 valence electrons. The van der Waals surface area contributed by atoms with E-state index in [1.54, 1.807) is 14.2 Å². The Labute approximate surface area is 176 Å². The van der Waals surface area contributed by atoms with Gasteiger partial charge in [0.25, 0.3) is 0 Å². The molecular formula is C23H28N4O3. The van der Waals surface area contributed by atoms with Crippen molar-refractivity contribution in [1.82, 2.24) is 9.47 Å². The Morgan fingerprint density at radius 1 is 1.00 bits per heavy atom. The molecule has 1 aromatic heterocycles. The molecule has 0 atom stereocenters. The van der Waals surface area contributed by atoms with E-state index in [0.717, 1.165) is 47.7 Å². The molecule has 2 amide bonds. The molecule has 3 aromatic rings. The SMILES string of the molecule is COCCn1cc(NC(=O)N2CCN(c3ccc(OC)cc3)CC2)c2ccccc21. The standard InChI is InChI=1S/C23H28N4O3/c1-29-16-15-27-17-21(20-5-3-4-6-22(20)27)24-23(28)26-13-11-25(12-14-26)18-7-9-19(30-2)10-8-18/h3-10,17H,11-16H2,1-2H3,(H,24,28). The molecule has 7 nitrogen and oxygen atoms in total. The van der Waals surface area contributed by atoms with Crippen LogP contribution in [0, 0.1) is 0 Å². The van der Waals surface area contributed by atoms with Crippen molar-refractivity contribution in [2.75, 3.05) is 57.2 Å². The lowest BCUT2D eigenvalue weighted by atomic mass is 10.2. The van der Waals surface area contributed by atoms with E-state index < -0.39 is 0 Å². The summed E-state index contributed by atoms with van der Waals surface area (Å²) in [5.74, 6) is 0.849. The topological polar surface area (TPSA) is 59.0 Å². The molecule has 4 rings (SSSR count). The minimum Gasteiger partial charge on any atom is -0.497 e. The number of piperazine rings is 1. The maximum atomic E-state index is 12.9. The van der Waals surface area contributed by atoms with Crippen LogP contribution in [0.2, 0.25) is 0 Å². The minimum absolute atomic E-state index is 0.0565. The zero-order valence-electron chi connectivity index (χ0n) is 17.5. The summed E-state index contributed by atoms with van der Waals surface area (Å²) in [5.41, 5.74) is 3.08. The van der Waals surface area contributed by atoms with Crippen LogP contribution in [0.5, 0.6) is 5.75 Å². The molecule has 0 aliphatic carbocycles. The Bertz CT molecular complexity index is 991. The number of carbonyl (C=O) groups excluding carboxylic acids is 1. The number of carbonyl (C=O) groups is 1. The molecule has 1 aliphatic rings. The smallest absolute Gasteiger partial charge is 0.322 e. The average Bonchev–Trinajstić information content (AvgIpc) is 3.15. The summed E-state index contributed by atoms with van der Waals surface area (Å²) in [6, 6.07) is 16.1. The lowest BCUT2D eigenvalue weighted by molar-refractivity contribution is 0.188. The molecule has 0 radical (unpaired) electrons. The van der Waals surface area contributed by atoms with Crippen LogP contribution in [0.1, 0.15) is 0 Å². The zero-order chi connectivity index (χ0) is 20.9. The number of hydrogen-bond acceptors (Lipinski definition) is 4. The number of fused-ring (bicyclic) bond motifs is 1. The first kappa shape index (κ1) is 20.1. The summed E-state index contributed by atoms with van der Waals surface area (Å²) in [5, 5.41) is 4.15. The number of benzene rings is 2. The van der Waals surface area contributed by atoms with Crippen molar-refractivity contribution in [3.8, 4) is 5.75 Å². The molecule has 1 fully saturated rings. The van der Waals surface area contributed by atoms with Crippen LogP contribution in [0.15, 0.2) is 54.7 Å². The van der Waals surface area contributed by atoms with Gasteiger partial charge in [0.2, 0.25) is 0 Å². The van der Waals surface area contributed by atoms with Gasteiger partial charge in [-0.2, -0.15) is 0 Å². The first-order valence-corrected chi connectivity index (χ1v) is 10.2. The molecule has 1 N–H and O–H groups in total. The molecule has 2 heterocycles. The number of urea groups is 1. The number of rotatable bonds is 6. The van der Waals surface area contributed by atoms with E-state index in [4.69, 9.17) is 9.47 Å². The molecule has 0 saturated carbocycles. The summed E-state index contributed by atoms with van der Waals surface area (Å²) >= 11 is 0. The van der Waals surface area contributed by atoms with Crippen LogP contribution in [0.4, 0.5) is 16.2 Å². The molecule has 7 heteroatoms. The second kappa shape index (κ2) is 9.09. The van der Waals surface area contributed by atoms with Gasteiger partial charge in [-0.3, -0.25) is 0 Å². The van der Waals surface area contributed by atoms with E-state index in [0.29, 0.717) is 19.7 Å². The van der Waals surface area contributed by atoms with Crippen LogP contribution in [0.3, 0.4) is 0 Å². The first-order valence-electron chi connectivity index (χ1n) is 10.2. The summed E-state index contributed by atoms with van der Waals surface area (Å²) in [7, 11) is 3.36. The van der Waals surface area contributed by atoms with Crippen molar-refractivity contribution in [2.45, 2.75) is 6.54 Å². The van der Waals surface area contributed by atoms with Gasteiger partial charge in [0.15, 0.2) is 0 Å². The van der Waals surface area contributed by atoms with E-state index in [2.05, 4.69) is 33.0 Å². The van der Waals surface area contributed by atoms with Gasteiger partial charge < -0.3 is 29.2 Å². The van der Waals surface area contributed by atoms with Crippen LogP contribution in [-0.2, 0) is 11.3 Å². The highest BCUT2D eigenvalue weighted by atomic mass is 16.5. The Balaban J connectivity index is 1.40. The third-order valence-electron chi connectivity index (χ3n) is 5.57. The third kappa shape index (κ3) is 4.21. The largest absolute Gasteiger partial charge is 0.497 e. The van der Waals surface area contributed by atoms with E-state index in [1.165, 1.54) is 0 Å². The van der Waals surface area contributed by atoms with Crippen molar-refractivity contribution in [1.29, 1.82) is 0 Å². The van der Waals surface area contributed by atoms with Crippen molar-refractivity contribution in [2.24, 2.45) is 0 Å². The second-order valence-corrected chi connectivity index (χ2v) is 7.35. The predicted molar refractivity (Wildman–Crippen MR) is 120 cm³/mol. The number of aromatic nitrogens is 1. The average molecular weight is 409 g/mol. The van der Waals surface area contributed by atoms with Crippen molar-refractivity contribution >= 4 is 28.3 Å². The number of anilines is 2. The number of nitrogens with zero attached hydrogens (tertiary/aromatic N) is 3. The van der Waals surface area contributed by atoms with Gasteiger partial charge in [-0.1, -0.05) is 18.2 Å². The monoisotopic (exact) mass is 408 g/mol. The molecule has 30 heavy (non-hydrogen) atoms. The number of amides is 2. The number of nitrogens with one attached hydrogen (secondary N) is 1. The number of ether oxygens (including phenoxy) is 2. The lowest BCUT2D eigenvalue weighted by Gasteiger charge is -2.36. The van der Waals surface area contributed by atoms with Crippen molar-refractivity contribution < 1.29 is 14.3 Å². The summed E-state index contributed by atoms with van der Waals surface area (Å²) in [4.78, 5) is 17.1. The molecular weight excluding hydrogens is 380 g/mol. The van der Waals surface area contributed by atoms with Crippen LogP contribution >= 0.6 is 0 Å². The van der Waals surface area contributed by atoms with Crippen molar-refractivity contribution in [3.63, 3.8) is 0 Å². The normalized spacial score (nSPS) is 14.2. The predicted octanol–water partition coefficient (Wildman–Crippen LogP) is 3.65. The van der Waals surface area contributed by atoms with Crippen LogP contribution in [0.25, 0.3) is 10.9 Å². The van der Waals surface area contributed by atoms with Gasteiger partial charge in [0, 0.05) is 57.1 Å². The molecule has 0 bridgehead atoms. The number of hydrogen-bond donors (Lipinski definition) is 1. The molecule has 1 saturated heterocycles. The van der Waals surface area contributed by atoms with Gasteiger partial charge in [0.1, 0.15) is 5.75 Å². The van der Waals surface area contributed by atoms with Gasteiger partial charge in [-0.15, -0.1) is 0 Å². The fraction of sp³-hybridized carbons (Fsp3) is 0.348. The van der Waals surface area contributed by atoms with Gasteiger partial charge in [0.05, 0.1) is 24.9 Å². The number of methoxy groups -OCH3 is 2. The molecule has 2 aromatic carbocycles. The quantitative estimate of drug-likeness (QED) is 0.676. The van der Waals surface area contributed by atoms with Crippen LogP contribution < -0.4 is 15.0 Å². The summed E-state index contributed by atoms with van der Waals surface area (Å²) in [6.07, 6.45) is 2.00. The Morgan fingerprint density at radius 3 is 2.43 bits per heavy atom. The third-order valence-corrected chi connectivity index (χ3v) is 5.57. The zero-order valence-corrected chi connectivity index (χ0v) is 17.5. The fourth-order valence-electron chi connectivity index (χ4n) is 3.88. The van der Waals surface area contributed by atoms with Gasteiger partial charge in [-0.25, -0.2) is 4.79 Å². The van der Waals surface area contributed by atoms with Gasteiger partial charge >= 0.3 is 6.03 Å². The maximum Gasteiger partial charge on any atom is 0.322 e. The Kier molecular flexibility index (Phi) is 6.09. The lowest BCUT2D eigenvalue weighted by Crippen LogP contribution is -2.50. The summed E-state index contributed by atoms with van der Waals surface area (Å²) in [6.45, 7) is 4.33. The van der Waals surface area contributed by atoms with E-state index in [1.807, 2.05) is 41.4 Å². The first-order chi connectivity index (χ1) is 14.7. The highest BCUT2D eigenvalue weighted by Crippen LogP contribution is 2.26. The fourth-order valence-corrected chi connectivity index (χ4v) is 3.88. The minimum atomic E-state index is -0.0565. The Morgan fingerprint density at radius 2 is 1.73 bits per heavy atom. The highest BCUT2D eigenvalue weighted by molar-refractivity contribution is 6.01. The molecule has 0 spiro atoms. The van der Waals surface area contributed by atoms with E-state index in [-0.39, 0.29) is 6.03 Å². The highest BCUT2D eigenvalue weighted by Gasteiger charge is 2.22. The van der Waals surface area contributed by atoms with Gasteiger partial charge in [-0.05, 0) is 30.3 Å². The second-order valence-electron chi connectivity index (χ2n) is 7.35. The van der Waals surface area contributed by atoms with E-state index >= 15 is 0 Å². The summed E-state index contributed by atoms with van der Waals surface area (Å²) < 4.78 is 12.6. The Hall–Kier alpha value is -3.19. The van der Waals surface area contributed by atoms with E-state index in [9.17, 15) is 4.79 Å². The van der Waals surface area contributed by atoms with Crippen molar-refractivity contribution in [3.05, 3.63) is 54.7 Å². The van der Waals surface area contributed by atoms with Crippen LogP contribution in [-0.4, -0.2) is 62.5 Å². The molecule has 1 aliphatic heterocycles. The maximum absolute atomic E-state index is 12.9.